The molecule has 6 nitrogen and oxygen atoms in total. The smallest absolute Gasteiger partial charge is 0.222 e. The van der Waals surface area contributed by atoms with Gasteiger partial charge >= 0.3 is 0 Å². The van der Waals surface area contributed by atoms with Crippen LogP contribution in [0.3, 0.4) is 0 Å². The van der Waals surface area contributed by atoms with Crippen molar-refractivity contribution in [2.75, 3.05) is 13.2 Å². The van der Waals surface area contributed by atoms with Crippen LogP contribution in [0.4, 0.5) is 0 Å². The van der Waals surface area contributed by atoms with Crippen molar-refractivity contribution in [1.29, 1.82) is 0 Å². The summed E-state index contributed by atoms with van der Waals surface area (Å²) in [6.07, 6.45) is 2.23. The maximum atomic E-state index is 11.9. The summed E-state index contributed by atoms with van der Waals surface area (Å²) < 4.78 is 7.64. The van der Waals surface area contributed by atoms with E-state index in [9.17, 15) is 4.79 Å². The fourth-order valence-electron chi connectivity index (χ4n) is 2.90. The summed E-state index contributed by atoms with van der Waals surface area (Å²) in [7, 11) is 1.95. The summed E-state index contributed by atoms with van der Waals surface area (Å²) in [6.45, 7) is 7.39. The molecule has 2 aromatic rings. The largest absolute Gasteiger partial charge is 0.378 e. The van der Waals surface area contributed by atoms with Gasteiger partial charge in [0.25, 0.3) is 0 Å². The fraction of sp³-hybridized carbons (Fsp3) is 0.550. The molecular formula is C20H30N4O2. The number of hydrogen-bond donors (Lipinski definition) is 1. The second-order valence-corrected chi connectivity index (χ2v) is 7.03. The molecule has 0 radical (unpaired) electrons. The third kappa shape index (κ3) is 6.26. The number of nitrogens with one attached hydrogen (secondary N) is 1. The van der Waals surface area contributed by atoms with Crippen LogP contribution < -0.4 is 5.32 Å². The van der Waals surface area contributed by atoms with Crippen molar-refractivity contribution in [2.45, 2.75) is 46.1 Å². The number of aromatic nitrogens is 3. The third-order valence-electron chi connectivity index (χ3n) is 4.20. The number of ether oxygens (including phenoxy) is 1. The molecule has 0 saturated carbocycles. The van der Waals surface area contributed by atoms with E-state index in [-0.39, 0.29) is 12.0 Å². The Morgan fingerprint density at radius 2 is 1.92 bits per heavy atom. The lowest BCUT2D eigenvalue weighted by Crippen LogP contribution is -2.27. The Labute approximate surface area is 156 Å². The molecular weight excluding hydrogens is 328 g/mol. The summed E-state index contributed by atoms with van der Waals surface area (Å²) in [5.41, 5.74) is 1.03. The molecule has 0 saturated heterocycles. The van der Waals surface area contributed by atoms with Crippen molar-refractivity contribution in [3.63, 3.8) is 0 Å². The van der Waals surface area contributed by atoms with Gasteiger partial charge in [-0.15, -0.1) is 10.2 Å². The lowest BCUT2D eigenvalue weighted by Gasteiger charge is -2.14. The van der Waals surface area contributed by atoms with Gasteiger partial charge in [-0.1, -0.05) is 44.2 Å². The van der Waals surface area contributed by atoms with E-state index in [1.54, 1.807) is 0 Å². The first-order valence-corrected chi connectivity index (χ1v) is 9.29. The van der Waals surface area contributed by atoms with Gasteiger partial charge in [0, 0.05) is 32.0 Å². The zero-order chi connectivity index (χ0) is 18.9. The normalized spacial score (nSPS) is 12.3. The Hall–Kier alpha value is -2.21. The van der Waals surface area contributed by atoms with Gasteiger partial charge in [-0.3, -0.25) is 4.79 Å². The van der Waals surface area contributed by atoms with Gasteiger partial charge in [0.05, 0.1) is 12.7 Å². The maximum Gasteiger partial charge on any atom is 0.222 e. The number of hydrogen-bond acceptors (Lipinski definition) is 4. The number of benzene rings is 1. The summed E-state index contributed by atoms with van der Waals surface area (Å²) in [5, 5.41) is 11.4. The van der Waals surface area contributed by atoms with Crippen LogP contribution in [0, 0.1) is 5.92 Å². The van der Waals surface area contributed by atoms with Gasteiger partial charge in [-0.25, -0.2) is 0 Å². The minimum Gasteiger partial charge on any atom is -0.378 e. The minimum absolute atomic E-state index is 0.00666. The van der Waals surface area contributed by atoms with E-state index in [0.717, 1.165) is 23.6 Å². The van der Waals surface area contributed by atoms with Gasteiger partial charge in [0.2, 0.25) is 5.91 Å². The topological polar surface area (TPSA) is 69.0 Å². The first-order valence-electron chi connectivity index (χ1n) is 9.29. The van der Waals surface area contributed by atoms with Gasteiger partial charge in [-0.05, 0) is 19.3 Å². The van der Waals surface area contributed by atoms with E-state index in [2.05, 4.69) is 36.3 Å². The van der Waals surface area contributed by atoms with Gasteiger partial charge < -0.3 is 14.6 Å². The average Bonchev–Trinajstić information content (AvgIpc) is 2.96. The highest BCUT2D eigenvalue weighted by molar-refractivity contribution is 5.75. The van der Waals surface area contributed by atoms with E-state index >= 15 is 0 Å². The molecule has 0 aliphatic heterocycles. The predicted molar refractivity (Wildman–Crippen MR) is 103 cm³/mol. The summed E-state index contributed by atoms with van der Waals surface area (Å²) in [6, 6.07) is 9.96. The van der Waals surface area contributed by atoms with Crippen molar-refractivity contribution >= 4 is 5.91 Å². The van der Waals surface area contributed by atoms with E-state index in [0.29, 0.717) is 31.9 Å². The highest BCUT2D eigenvalue weighted by Crippen LogP contribution is 2.16. The molecule has 26 heavy (non-hydrogen) atoms. The number of rotatable bonds is 10. The van der Waals surface area contributed by atoms with Crippen LogP contribution in [0.5, 0.6) is 0 Å². The molecule has 0 bridgehead atoms. The van der Waals surface area contributed by atoms with E-state index in [1.807, 2.05) is 41.9 Å². The maximum absolute atomic E-state index is 11.9. The molecule has 6 heteroatoms. The van der Waals surface area contributed by atoms with Crippen LogP contribution in [-0.2, 0) is 23.0 Å². The quantitative estimate of drug-likeness (QED) is 0.709. The molecule has 0 fully saturated rings. The SMILES string of the molecule is CC(C)C[C@H](C)OCCC(=O)NCCc1nnc(-c2ccccc2)n1C. The van der Waals surface area contributed by atoms with E-state index in [1.165, 1.54) is 0 Å². The molecule has 1 aromatic carbocycles. The highest BCUT2D eigenvalue weighted by Gasteiger charge is 2.11. The van der Waals surface area contributed by atoms with Crippen molar-refractivity contribution in [1.82, 2.24) is 20.1 Å². The first-order chi connectivity index (χ1) is 12.5. The zero-order valence-electron chi connectivity index (χ0n) is 16.2. The van der Waals surface area contributed by atoms with Crippen LogP contribution >= 0.6 is 0 Å². The molecule has 1 atom stereocenters. The lowest BCUT2D eigenvalue weighted by atomic mass is 10.1. The molecule has 2 rings (SSSR count). The predicted octanol–water partition coefficient (Wildman–Crippen LogP) is 2.98. The van der Waals surface area contributed by atoms with Gasteiger partial charge in [-0.2, -0.15) is 0 Å². The molecule has 0 unspecified atom stereocenters. The molecule has 142 valence electrons. The summed E-state index contributed by atoms with van der Waals surface area (Å²) in [5.74, 6) is 2.30. The Morgan fingerprint density at radius 3 is 2.62 bits per heavy atom. The van der Waals surface area contributed by atoms with Gasteiger partial charge in [0.15, 0.2) is 5.82 Å². The van der Waals surface area contributed by atoms with Crippen molar-refractivity contribution in [2.24, 2.45) is 13.0 Å². The summed E-state index contributed by atoms with van der Waals surface area (Å²) in [4.78, 5) is 11.9. The van der Waals surface area contributed by atoms with E-state index < -0.39 is 0 Å². The van der Waals surface area contributed by atoms with Crippen molar-refractivity contribution in [3.05, 3.63) is 36.2 Å². The Balaban J connectivity index is 1.71. The second-order valence-electron chi connectivity index (χ2n) is 7.03. The average molecular weight is 358 g/mol. The first kappa shape index (κ1) is 20.1. The Kier molecular flexibility index (Phi) is 7.78. The van der Waals surface area contributed by atoms with Gasteiger partial charge in [0.1, 0.15) is 5.82 Å². The molecule has 0 aliphatic carbocycles. The van der Waals surface area contributed by atoms with E-state index in [4.69, 9.17) is 4.74 Å². The van der Waals surface area contributed by atoms with Crippen molar-refractivity contribution < 1.29 is 9.53 Å². The molecule has 0 spiro atoms. The Bertz CT molecular complexity index is 682. The third-order valence-corrected chi connectivity index (χ3v) is 4.20. The molecule has 0 aliphatic rings. The number of amides is 1. The number of carbonyl (C=O) groups is 1. The molecule has 1 N–H and O–H groups in total. The molecule has 1 amide bonds. The van der Waals surface area contributed by atoms with Crippen LogP contribution in [0.1, 0.15) is 39.4 Å². The Morgan fingerprint density at radius 1 is 1.19 bits per heavy atom. The number of nitrogens with zero attached hydrogens (tertiary/aromatic N) is 3. The standard InChI is InChI=1S/C20H30N4O2/c1-15(2)14-16(3)26-13-11-19(25)21-12-10-18-22-23-20(24(18)4)17-8-6-5-7-9-17/h5-9,15-16H,10-14H2,1-4H3,(H,21,25)/t16-/m0/s1. The molecule has 1 aromatic heterocycles. The zero-order valence-corrected chi connectivity index (χ0v) is 16.2. The highest BCUT2D eigenvalue weighted by atomic mass is 16.5. The fourth-order valence-corrected chi connectivity index (χ4v) is 2.90. The molecule has 1 heterocycles. The number of carbonyl (C=O) groups excluding carboxylic acids is 1. The minimum atomic E-state index is 0.00666. The van der Waals surface area contributed by atoms with Crippen molar-refractivity contribution in [3.8, 4) is 11.4 Å². The second kappa shape index (κ2) is 10.1. The summed E-state index contributed by atoms with van der Waals surface area (Å²) >= 11 is 0. The van der Waals surface area contributed by atoms with Crippen LogP contribution in [0.2, 0.25) is 0 Å². The lowest BCUT2D eigenvalue weighted by molar-refractivity contribution is -0.122. The van der Waals surface area contributed by atoms with Crippen LogP contribution in [0.15, 0.2) is 30.3 Å². The van der Waals surface area contributed by atoms with Crippen LogP contribution in [0.25, 0.3) is 11.4 Å². The van der Waals surface area contributed by atoms with Crippen LogP contribution in [-0.4, -0.2) is 39.9 Å². The monoisotopic (exact) mass is 358 g/mol.